The van der Waals surface area contributed by atoms with Crippen LogP contribution in [0.25, 0.3) is 0 Å². The highest BCUT2D eigenvalue weighted by Crippen LogP contribution is 2.34. The Morgan fingerprint density at radius 1 is 1.36 bits per heavy atom. The number of rotatable bonds is 2. The Morgan fingerprint density at radius 2 is 2.12 bits per heavy atom. The zero-order chi connectivity index (χ0) is 17.8. The molecule has 1 aliphatic carbocycles. The van der Waals surface area contributed by atoms with E-state index in [1.807, 2.05) is 0 Å². The Balaban J connectivity index is 1.80. The third-order valence-corrected chi connectivity index (χ3v) is 4.61. The number of hydrogen-bond acceptors (Lipinski definition) is 7. The van der Waals surface area contributed by atoms with Crippen molar-refractivity contribution in [1.82, 2.24) is 20.0 Å². The summed E-state index contributed by atoms with van der Waals surface area (Å²) in [6, 6.07) is 1.24. The molecule has 0 unspecified atom stereocenters. The quantitative estimate of drug-likeness (QED) is 0.623. The van der Waals surface area contributed by atoms with Crippen molar-refractivity contribution in [2.45, 2.75) is 24.9 Å². The molecule has 1 spiro atoms. The molecule has 1 aliphatic heterocycles. The van der Waals surface area contributed by atoms with Gasteiger partial charge in [-0.05, 0) is 25.3 Å². The van der Waals surface area contributed by atoms with E-state index in [9.17, 15) is 14.0 Å². The summed E-state index contributed by atoms with van der Waals surface area (Å²) in [6.45, 7) is 0. The van der Waals surface area contributed by atoms with Gasteiger partial charge in [0.2, 0.25) is 5.82 Å². The van der Waals surface area contributed by atoms with Crippen LogP contribution in [0.4, 0.5) is 21.7 Å². The molecule has 0 bridgehead atoms. The molecule has 5 N–H and O–H groups in total. The summed E-state index contributed by atoms with van der Waals surface area (Å²) in [5.41, 5.74) is 7.10. The fourth-order valence-corrected chi connectivity index (χ4v) is 3.16. The van der Waals surface area contributed by atoms with Crippen molar-refractivity contribution >= 4 is 34.8 Å². The van der Waals surface area contributed by atoms with Gasteiger partial charge in [-0.2, -0.15) is 4.39 Å². The second kappa shape index (κ2) is 5.31. The molecule has 0 saturated heterocycles. The van der Waals surface area contributed by atoms with E-state index in [2.05, 4.69) is 26.0 Å². The first-order valence-electron chi connectivity index (χ1n) is 7.49. The van der Waals surface area contributed by atoms with E-state index in [0.29, 0.717) is 12.8 Å². The van der Waals surface area contributed by atoms with Gasteiger partial charge in [0.1, 0.15) is 23.4 Å². The molecule has 2 aliphatic rings. The molecule has 9 nitrogen and oxygen atoms in total. The first kappa shape index (κ1) is 15.6. The van der Waals surface area contributed by atoms with Crippen molar-refractivity contribution in [3.05, 3.63) is 39.3 Å². The smallest absolute Gasteiger partial charge is 0.293 e. The van der Waals surface area contributed by atoms with Crippen LogP contribution >= 0.6 is 11.6 Å². The van der Waals surface area contributed by atoms with Crippen molar-refractivity contribution in [2.24, 2.45) is 0 Å². The van der Waals surface area contributed by atoms with Gasteiger partial charge >= 0.3 is 0 Å². The standard InChI is InChI=1S/C14H13ClFN7O2/c15-6-4-7(20-11-8(16)10(17)18-5-19-11)13(25)23-9(6)12(24)21-14(22-23)2-1-3-14/h4-5,22H,1-3H2,(H,21,24)(H3,17,18,19,20). The van der Waals surface area contributed by atoms with Gasteiger partial charge in [-0.1, -0.05) is 11.6 Å². The van der Waals surface area contributed by atoms with Crippen LogP contribution in [0, 0.1) is 5.82 Å². The third-order valence-electron chi connectivity index (χ3n) is 4.32. The van der Waals surface area contributed by atoms with Crippen molar-refractivity contribution in [2.75, 3.05) is 16.5 Å². The Kier molecular flexibility index (Phi) is 3.32. The van der Waals surface area contributed by atoms with E-state index in [1.54, 1.807) is 0 Å². The molecule has 0 radical (unpaired) electrons. The van der Waals surface area contributed by atoms with Crippen LogP contribution in [0.2, 0.25) is 5.02 Å². The lowest BCUT2D eigenvalue weighted by molar-refractivity contribution is 0.0790. The minimum atomic E-state index is -0.887. The van der Waals surface area contributed by atoms with E-state index in [4.69, 9.17) is 17.3 Å². The van der Waals surface area contributed by atoms with E-state index >= 15 is 0 Å². The van der Waals surface area contributed by atoms with Crippen molar-refractivity contribution in [3.63, 3.8) is 0 Å². The monoisotopic (exact) mass is 365 g/mol. The summed E-state index contributed by atoms with van der Waals surface area (Å²) in [7, 11) is 0. The highest BCUT2D eigenvalue weighted by Gasteiger charge is 2.44. The molecular weight excluding hydrogens is 353 g/mol. The van der Waals surface area contributed by atoms with Gasteiger partial charge in [-0.25, -0.2) is 14.6 Å². The van der Waals surface area contributed by atoms with Crippen LogP contribution in [0.5, 0.6) is 0 Å². The number of aromatic nitrogens is 3. The largest absolute Gasteiger partial charge is 0.381 e. The molecule has 0 atom stereocenters. The van der Waals surface area contributed by atoms with Crippen molar-refractivity contribution < 1.29 is 9.18 Å². The molecule has 2 aromatic rings. The molecule has 4 rings (SSSR count). The number of halogens is 2. The predicted molar refractivity (Wildman–Crippen MR) is 88.8 cm³/mol. The van der Waals surface area contributed by atoms with E-state index in [0.717, 1.165) is 17.4 Å². The summed E-state index contributed by atoms with van der Waals surface area (Å²) in [6.07, 6.45) is 3.37. The summed E-state index contributed by atoms with van der Waals surface area (Å²) in [5.74, 6) is -1.95. The second-order valence-corrected chi connectivity index (χ2v) is 6.35. The molecular formula is C14H13ClFN7O2. The molecule has 130 valence electrons. The Hall–Kier alpha value is -2.88. The highest BCUT2D eigenvalue weighted by atomic mass is 35.5. The number of hydrogen-bond donors (Lipinski definition) is 4. The topological polar surface area (TPSA) is 127 Å². The molecule has 3 heterocycles. The summed E-state index contributed by atoms with van der Waals surface area (Å²) < 4.78 is 15.1. The summed E-state index contributed by atoms with van der Waals surface area (Å²) in [5, 5.41) is 5.41. The zero-order valence-corrected chi connectivity index (χ0v) is 13.5. The van der Waals surface area contributed by atoms with Gasteiger partial charge in [0.25, 0.3) is 11.5 Å². The number of nitrogens with zero attached hydrogens (tertiary/aromatic N) is 3. The van der Waals surface area contributed by atoms with Crippen LogP contribution in [0.15, 0.2) is 17.2 Å². The number of carbonyl (C=O) groups is 1. The van der Waals surface area contributed by atoms with Crippen molar-refractivity contribution in [1.29, 1.82) is 0 Å². The number of fused-ring (bicyclic) bond motifs is 1. The van der Waals surface area contributed by atoms with Crippen molar-refractivity contribution in [3.8, 4) is 0 Å². The van der Waals surface area contributed by atoms with Crippen LogP contribution < -0.4 is 27.4 Å². The fraction of sp³-hybridized carbons (Fsp3) is 0.286. The molecule has 11 heteroatoms. The van der Waals surface area contributed by atoms with E-state index < -0.39 is 22.9 Å². The lowest BCUT2D eigenvalue weighted by Gasteiger charge is -2.47. The lowest BCUT2D eigenvalue weighted by Crippen LogP contribution is -2.67. The third kappa shape index (κ3) is 2.37. The fourth-order valence-electron chi connectivity index (χ4n) is 2.88. The number of pyridine rings is 1. The number of nitrogen functional groups attached to an aromatic ring is 1. The minimum Gasteiger partial charge on any atom is -0.381 e. The second-order valence-electron chi connectivity index (χ2n) is 5.94. The number of nitrogens with one attached hydrogen (secondary N) is 3. The summed E-state index contributed by atoms with van der Waals surface area (Å²) in [4.78, 5) is 32.3. The van der Waals surface area contributed by atoms with Gasteiger partial charge in [0.15, 0.2) is 11.6 Å². The number of amides is 1. The maximum atomic E-state index is 14.0. The molecule has 25 heavy (non-hydrogen) atoms. The lowest BCUT2D eigenvalue weighted by atomic mass is 9.84. The average Bonchev–Trinajstić information content (AvgIpc) is 2.54. The molecule has 1 amide bonds. The first-order valence-corrected chi connectivity index (χ1v) is 7.87. The highest BCUT2D eigenvalue weighted by molar-refractivity contribution is 6.34. The van der Waals surface area contributed by atoms with Crippen LogP contribution in [0.1, 0.15) is 29.8 Å². The van der Waals surface area contributed by atoms with Gasteiger partial charge in [-0.3, -0.25) is 15.0 Å². The SMILES string of the molecule is Nc1ncnc(Nc2cc(Cl)c3n(c2=O)NC2(CCC2)NC3=O)c1F. The zero-order valence-electron chi connectivity index (χ0n) is 12.8. The molecule has 2 aromatic heterocycles. The Morgan fingerprint density at radius 3 is 2.80 bits per heavy atom. The number of anilines is 3. The van der Waals surface area contributed by atoms with E-state index in [1.165, 1.54) is 6.07 Å². The van der Waals surface area contributed by atoms with Crippen LogP contribution in [-0.4, -0.2) is 26.2 Å². The maximum absolute atomic E-state index is 14.0. The Labute approximate surface area is 145 Å². The van der Waals surface area contributed by atoms with E-state index in [-0.39, 0.29) is 28.0 Å². The molecule has 0 aromatic carbocycles. The van der Waals surface area contributed by atoms with Crippen LogP contribution in [-0.2, 0) is 0 Å². The predicted octanol–water partition coefficient (Wildman–Crippen LogP) is 0.924. The van der Waals surface area contributed by atoms with Gasteiger partial charge in [-0.15, -0.1) is 0 Å². The van der Waals surface area contributed by atoms with Crippen LogP contribution in [0.3, 0.4) is 0 Å². The minimum absolute atomic E-state index is 0.00239. The Bertz CT molecular complexity index is 957. The van der Waals surface area contributed by atoms with Gasteiger partial charge in [0.05, 0.1) is 5.02 Å². The number of nitrogens with two attached hydrogens (primary N) is 1. The summed E-state index contributed by atoms with van der Waals surface area (Å²) >= 11 is 6.15. The molecule has 1 fully saturated rings. The normalized spacial score (nSPS) is 17.3. The first-order chi connectivity index (χ1) is 11.9. The number of carbonyl (C=O) groups excluding carboxylic acids is 1. The maximum Gasteiger partial charge on any atom is 0.293 e. The van der Waals surface area contributed by atoms with Gasteiger partial charge in [0, 0.05) is 0 Å². The average molecular weight is 366 g/mol. The molecule has 1 saturated carbocycles. The van der Waals surface area contributed by atoms with Gasteiger partial charge < -0.3 is 16.4 Å².